The summed E-state index contributed by atoms with van der Waals surface area (Å²) >= 11 is -1.04. The lowest BCUT2D eigenvalue weighted by Crippen LogP contribution is -2.58. The Hall–Kier alpha value is 0.190. The van der Waals surface area contributed by atoms with E-state index in [1.165, 1.54) is 0 Å². The van der Waals surface area contributed by atoms with Gasteiger partial charge in [-0.25, -0.2) is 0 Å². The van der Waals surface area contributed by atoms with Crippen molar-refractivity contribution >= 4 is 11.4 Å². The number of rotatable bonds is 2. The van der Waals surface area contributed by atoms with Gasteiger partial charge in [0.05, 0.1) is 12.1 Å². The van der Waals surface area contributed by atoms with Crippen LogP contribution in [-0.2, 0) is 11.4 Å². The second-order valence-corrected chi connectivity index (χ2v) is 8.76. The lowest BCUT2D eigenvalue weighted by atomic mass is 9.74. The molecule has 0 radical (unpaired) electrons. The Morgan fingerprint density at radius 1 is 1.39 bits per heavy atom. The molecular weight excluding hydrogens is 248 g/mol. The average molecular weight is 274 g/mol. The number of hydrogen-bond acceptors (Lipinski definition) is 4. The Balaban J connectivity index is 2.05. The molecule has 0 bridgehead atoms. The van der Waals surface area contributed by atoms with E-state index in [-0.39, 0.29) is 22.3 Å². The molecule has 0 aromatic rings. The summed E-state index contributed by atoms with van der Waals surface area (Å²) in [5.74, 6) is 0. The Morgan fingerprint density at radius 2 is 2.11 bits per heavy atom. The van der Waals surface area contributed by atoms with Crippen LogP contribution >= 0.6 is 0 Å². The van der Waals surface area contributed by atoms with E-state index in [1.54, 1.807) is 0 Å². The molecule has 0 amide bonds. The molecular formula is C13H26N2O2S. The molecule has 2 unspecified atom stereocenters. The lowest BCUT2D eigenvalue weighted by Gasteiger charge is -2.42. The van der Waals surface area contributed by atoms with Gasteiger partial charge in [0, 0.05) is 17.9 Å². The summed E-state index contributed by atoms with van der Waals surface area (Å²) in [4.78, 5) is 0. The number of nitrogens with one attached hydrogen (secondary N) is 2. The topological polar surface area (TPSA) is 67.3 Å². The number of hydrogen-bond donors (Lipinski definition) is 3. The first-order valence-corrected chi connectivity index (χ1v) is 8.05. The molecule has 1 aliphatic carbocycles. The van der Waals surface area contributed by atoms with Crippen molar-refractivity contribution in [3.05, 3.63) is 0 Å². The van der Waals surface area contributed by atoms with Crippen LogP contribution in [0.25, 0.3) is 0 Å². The van der Waals surface area contributed by atoms with Gasteiger partial charge >= 0.3 is 0 Å². The zero-order chi connectivity index (χ0) is 13.4. The highest BCUT2D eigenvalue weighted by Gasteiger charge is 2.48. The molecule has 1 spiro atoms. The van der Waals surface area contributed by atoms with Crippen LogP contribution < -0.4 is 10.0 Å². The minimum atomic E-state index is -1.04. The highest BCUT2D eigenvalue weighted by Crippen LogP contribution is 2.45. The zero-order valence-electron chi connectivity index (χ0n) is 11.7. The van der Waals surface area contributed by atoms with E-state index in [0.717, 1.165) is 38.8 Å². The summed E-state index contributed by atoms with van der Waals surface area (Å²) in [5.41, 5.74) is 0.144. The fraction of sp³-hybridized carbons (Fsp3) is 1.00. The third kappa shape index (κ3) is 3.02. The van der Waals surface area contributed by atoms with E-state index in [9.17, 15) is 9.66 Å². The first-order chi connectivity index (χ1) is 8.33. The third-order valence-electron chi connectivity index (χ3n) is 4.31. The van der Waals surface area contributed by atoms with E-state index in [1.807, 2.05) is 20.8 Å². The Bertz CT molecular complexity index is 291. The van der Waals surface area contributed by atoms with Gasteiger partial charge in [-0.3, -0.25) is 0 Å². The molecule has 18 heavy (non-hydrogen) atoms. The van der Waals surface area contributed by atoms with Crippen molar-refractivity contribution in [2.24, 2.45) is 5.41 Å². The molecule has 5 heteroatoms. The first-order valence-electron chi connectivity index (χ1n) is 6.90. The molecule has 106 valence electrons. The average Bonchev–Trinajstić information content (AvgIpc) is 2.63. The highest BCUT2D eigenvalue weighted by molar-refractivity contribution is 7.90. The van der Waals surface area contributed by atoms with Gasteiger partial charge in [-0.1, -0.05) is 0 Å². The van der Waals surface area contributed by atoms with Gasteiger partial charge in [0.15, 0.2) is 0 Å². The highest BCUT2D eigenvalue weighted by atomic mass is 32.2. The molecule has 4 atom stereocenters. The van der Waals surface area contributed by atoms with Gasteiger partial charge in [0.25, 0.3) is 0 Å². The summed E-state index contributed by atoms with van der Waals surface area (Å²) in [5, 5.41) is 13.2. The molecule has 1 aliphatic heterocycles. The van der Waals surface area contributed by atoms with E-state index >= 15 is 0 Å². The van der Waals surface area contributed by atoms with Crippen molar-refractivity contribution in [2.75, 3.05) is 13.1 Å². The number of piperidine rings is 1. The summed E-state index contributed by atoms with van der Waals surface area (Å²) < 4.78 is 15.3. The van der Waals surface area contributed by atoms with Crippen molar-refractivity contribution in [1.29, 1.82) is 0 Å². The van der Waals surface area contributed by atoms with Crippen LogP contribution in [0.3, 0.4) is 0 Å². The minimum absolute atomic E-state index is 0.144. The smallest absolute Gasteiger partial charge is 0.136 e. The van der Waals surface area contributed by atoms with Crippen molar-refractivity contribution in [3.8, 4) is 0 Å². The van der Waals surface area contributed by atoms with Gasteiger partial charge in [-0.05, 0) is 58.4 Å². The van der Waals surface area contributed by atoms with E-state index in [4.69, 9.17) is 0 Å². The summed E-state index contributed by atoms with van der Waals surface area (Å²) in [6, 6.07) is 0.212. The molecule has 0 aromatic carbocycles. The molecule has 1 saturated heterocycles. The van der Waals surface area contributed by atoms with Gasteiger partial charge in [0.2, 0.25) is 0 Å². The van der Waals surface area contributed by atoms with Crippen molar-refractivity contribution in [3.63, 3.8) is 0 Å². The van der Waals surface area contributed by atoms with Crippen LogP contribution in [0.4, 0.5) is 0 Å². The van der Waals surface area contributed by atoms with Crippen LogP contribution in [0, 0.1) is 5.41 Å². The van der Waals surface area contributed by atoms with Gasteiger partial charge in [-0.15, -0.1) is 4.72 Å². The van der Waals surface area contributed by atoms with Crippen LogP contribution in [0.5, 0.6) is 0 Å². The van der Waals surface area contributed by atoms with Gasteiger partial charge in [0.1, 0.15) is 4.75 Å². The van der Waals surface area contributed by atoms with Crippen LogP contribution in [0.15, 0.2) is 0 Å². The molecule has 4 nitrogen and oxygen atoms in total. The van der Waals surface area contributed by atoms with E-state index in [0.29, 0.717) is 0 Å². The maximum atomic E-state index is 12.3. The summed E-state index contributed by atoms with van der Waals surface area (Å²) in [6.45, 7) is 7.83. The Morgan fingerprint density at radius 3 is 2.67 bits per heavy atom. The quantitative estimate of drug-likeness (QED) is 0.655. The lowest BCUT2D eigenvalue weighted by molar-refractivity contribution is 0.117. The largest absolute Gasteiger partial charge is 0.598 e. The molecule has 2 rings (SSSR count). The standard InChI is InChI=1S/C13H26N2O2S/c1-12(2,3)18(17)15-11-9-14-7-6-13(11)5-4-10(16)8-13/h10-11,14-16H,4-9H2,1-3H3/t10-,11?,13?,18+/m0/s1. The molecule has 2 fully saturated rings. The van der Waals surface area contributed by atoms with Crippen molar-refractivity contribution < 1.29 is 9.66 Å². The zero-order valence-corrected chi connectivity index (χ0v) is 12.5. The predicted octanol–water partition coefficient (Wildman–Crippen LogP) is 0.931. The van der Waals surface area contributed by atoms with Crippen LogP contribution in [0.2, 0.25) is 0 Å². The Kier molecular flexibility index (Phi) is 4.29. The third-order valence-corrected chi connectivity index (χ3v) is 5.92. The summed E-state index contributed by atoms with van der Waals surface area (Å²) in [6.07, 6.45) is 3.70. The van der Waals surface area contributed by atoms with E-state index < -0.39 is 11.4 Å². The summed E-state index contributed by atoms with van der Waals surface area (Å²) in [7, 11) is 0. The van der Waals surface area contributed by atoms with Gasteiger partial charge < -0.3 is 15.0 Å². The fourth-order valence-corrected chi connectivity index (χ4v) is 4.06. The fourth-order valence-electron chi connectivity index (χ4n) is 3.12. The SMILES string of the molecule is CC(C)(C)[S@@+]([O-])NC1CNCCC12CC[C@H](O)C2. The number of aliphatic hydroxyl groups excluding tert-OH is 1. The normalized spacial score (nSPS) is 39.2. The molecule has 0 aromatic heterocycles. The monoisotopic (exact) mass is 274 g/mol. The second-order valence-electron chi connectivity index (χ2n) is 6.76. The van der Waals surface area contributed by atoms with Crippen LogP contribution in [-0.4, -0.2) is 39.6 Å². The van der Waals surface area contributed by atoms with E-state index in [2.05, 4.69) is 10.0 Å². The Labute approximate surface area is 113 Å². The molecule has 2 aliphatic rings. The predicted molar refractivity (Wildman–Crippen MR) is 74.6 cm³/mol. The molecule has 1 saturated carbocycles. The molecule has 3 N–H and O–H groups in total. The van der Waals surface area contributed by atoms with Crippen molar-refractivity contribution in [2.45, 2.75) is 63.3 Å². The second kappa shape index (κ2) is 5.29. The molecule has 1 heterocycles. The first kappa shape index (κ1) is 14.6. The minimum Gasteiger partial charge on any atom is -0.598 e. The maximum Gasteiger partial charge on any atom is 0.136 e. The van der Waals surface area contributed by atoms with Crippen LogP contribution in [0.1, 0.15) is 46.5 Å². The van der Waals surface area contributed by atoms with Crippen molar-refractivity contribution in [1.82, 2.24) is 10.0 Å². The maximum absolute atomic E-state index is 12.3. The number of aliphatic hydroxyl groups is 1. The van der Waals surface area contributed by atoms with Gasteiger partial charge in [-0.2, -0.15) is 0 Å².